The molecule has 1 aromatic heterocycles. The van der Waals surface area contributed by atoms with Gasteiger partial charge in [0.25, 0.3) is 0 Å². The summed E-state index contributed by atoms with van der Waals surface area (Å²) in [5.74, 6) is -0.164. The van der Waals surface area contributed by atoms with Crippen LogP contribution in [-0.2, 0) is 11.0 Å². The monoisotopic (exact) mass is 371 g/mol. The molecule has 0 aliphatic carbocycles. The van der Waals surface area contributed by atoms with Gasteiger partial charge in [-0.05, 0) is 46.1 Å². The van der Waals surface area contributed by atoms with Gasteiger partial charge in [0.05, 0.1) is 16.9 Å². The first-order chi connectivity index (χ1) is 11.6. The van der Waals surface area contributed by atoms with E-state index >= 15 is 0 Å². The van der Waals surface area contributed by atoms with Crippen LogP contribution in [-0.4, -0.2) is 33.6 Å². The zero-order chi connectivity index (χ0) is 18.8. The maximum Gasteiger partial charge on any atom is 0.417 e. The maximum atomic E-state index is 13.1. The molecule has 1 aromatic rings. The number of pyridine rings is 1. The van der Waals surface area contributed by atoms with Crippen LogP contribution in [0.2, 0.25) is 0 Å². The fraction of sp³-hybridized carbons (Fsp3) is 0.588. The number of carbonyl (C=O) groups excluding carboxylic acids is 1. The Morgan fingerprint density at radius 1 is 1.40 bits per heavy atom. The van der Waals surface area contributed by atoms with E-state index in [4.69, 9.17) is 5.26 Å². The number of likely N-dealkylation sites (tertiary alicyclic amines) is 1. The molecule has 1 aliphatic rings. The molecular formula is C17H20F3N3OS. The fourth-order valence-corrected chi connectivity index (χ4v) is 4.12. The van der Waals surface area contributed by atoms with Crippen molar-refractivity contribution in [2.75, 3.05) is 5.75 Å². The Bertz CT molecular complexity index is 690. The predicted octanol–water partition coefficient (Wildman–Crippen LogP) is 4.16. The van der Waals surface area contributed by atoms with E-state index in [9.17, 15) is 18.0 Å². The molecule has 0 N–H and O–H groups in total. The number of hydrogen-bond donors (Lipinski definition) is 0. The highest BCUT2D eigenvalue weighted by molar-refractivity contribution is 8.00. The molecule has 2 atom stereocenters. The first-order valence-electron chi connectivity index (χ1n) is 8.08. The number of hydrogen-bond acceptors (Lipinski definition) is 4. The van der Waals surface area contributed by atoms with Gasteiger partial charge < -0.3 is 4.90 Å². The highest BCUT2D eigenvalue weighted by Gasteiger charge is 2.36. The van der Waals surface area contributed by atoms with Crippen molar-refractivity contribution in [3.63, 3.8) is 0 Å². The Kier molecular flexibility index (Phi) is 5.99. The number of thioether (sulfide) groups is 1. The number of aryl methyl sites for hydroxylation is 1. The van der Waals surface area contributed by atoms with Crippen LogP contribution in [0.3, 0.4) is 0 Å². The highest BCUT2D eigenvalue weighted by atomic mass is 32.2. The third kappa shape index (κ3) is 4.46. The van der Waals surface area contributed by atoms with Crippen molar-refractivity contribution < 1.29 is 18.0 Å². The van der Waals surface area contributed by atoms with Crippen LogP contribution in [0.25, 0.3) is 0 Å². The molecule has 0 bridgehead atoms. The lowest BCUT2D eigenvalue weighted by Gasteiger charge is -2.39. The summed E-state index contributed by atoms with van der Waals surface area (Å²) in [6.07, 6.45) is -1.73. The lowest BCUT2D eigenvalue weighted by Crippen LogP contribution is -2.48. The molecule has 1 fully saturated rings. The Balaban J connectivity index is 2.22. The summed E-state index contributed by atoms with van der Waals surface area (Å²) in [7, 11) is 0. The molecular weight excluding hydrogens is 351 g/mol. The minimum Gasteiger partial charge on any atom is -0.337 e. The van der Waals surface area contributed by atoms with Gasteiger partial charge >= 0.3 is 6.18 Å². The second-order valence-corrected chi connectivity index (χ2v) is 7.28. The van der Waals surface area contributed by atoms with Gasteiger partial charge in [0.1, 0.15) is 11.1 Å². The van der Waals surface area contributed by atoms with Crippen molar-refractivity contribution in [3.05, 3.63) is 22.9 Å². The summed E-state index contributed by atoms with van der Waals surface area (Å²) in [5, 5.41) is 9.11. The SMILES string of the molecule is Cc1cc(C(F)(F)F)c(C#N)c(SCC(=O)N2[C@H](C)CCC[C@@H]2C)n1. The number of piperidine rings is 1. The van der Waals surface area contributed by atoms with Gasteiger partial charge in [0.2, 0.25) is 5.91 Å². The van der Waals surface area contributed by atoms with E-state index in [2.05, 4.69) is 4.98 Å². The minimum absolute atomic E-state index is 0.0306. The summed E-state index contributed by atoms with van der Waals surface area (Å²) in [5.41, 5.74) is -1.35. The standard InChI is InChI=1S/C17H20F3N3OS/c1-10-7-14(17(18,19)20)13(8-21)16(22-10)25-9-15(24)23-11(2)5-4-6-12(23)3/h7,11-12H,4-6,9H2,1-3H3/t11-,12+. The Morgan fingerprint density at radius 2 is 2.00 bits per heavy atom. The molecule has 1 saturated heterocycles. The Hall–Kier alpha value is -1.75. The summed E-state index contributed by atoms with van der Waals surface area (Å²) in [6.45, 7) is 5.40. The van der Waals surface area contributed by atoms with Crippen LogP contribution in [0.5, 0.6) is 0 Å². The second-order valence-electron chi connectivity index (χ2n) is 6.32. The normalized spacial score (nSPS) is 21.1. The third-order valence-electron chi connectivity index (χ3n) is 4.35. The van der Waals surface area contributed by atoms with Crippen molar-refractivity contribution in [2.24, 2.45) is 0 Å². The third-order valence-corrected chi connectivity index (χ3v) is 5.31. The number of rotatable bonds is 3. The van der Waals surface area contributed by atoms with E-state index in [0.29, 0.717) is 0 Å². The van der Waals surface area contributed by atoms with Crippen LogP contribution < -0.4 is 0 Å². The van der Waals surface area contributed by atoms with Crippen molar-refractivity contribution in [2.45, 2.75) is 63.3 Å². The van der Waals surface area contributed by atoms with Crippen molar-refractivity contribution >= 4 is 17.7 Å². The summed E-state index contributed by atoms with van der Waals surface area (Å²) >= 11 is 0.897. The molecule has 136 valence electrons. The zero-order valence-electron chi connectivity index (χ0n) is 14.4. The highest BCUT2D eigenvalue weighted by Crippen LogP contribution is 2.36. The van der Waals surface area contributed by atoms with E-state index in [-0.39, 0.29) is 34.5 Å². The van der Waals surface area contributed by atoms with Gasteiger partial charge in [-0.2, -0.15) is 18.4 Å². The first-order valence-corrected chi connectivity index (χ1v) is 9.06. The number of alkyl halides is 3. The lowest BCUT2D eigenvalue weighted by atomic mass is 9.98. The molecule has 0 spiro atoms. The molecule has 8 heteroatoms. The summed E-state index contributed by atoms with van der Waals surface area (Å²) in [4.78, 5) is 18.4. The number of amides is 1. The number of nitrogens with zero attached hydrogens (tertiary/aromatic N) is 3. The number of halogens is 3. The summed E-state index contributed by atoms with van der Waals surface area (Å²) in [6, 6.07) is 2.68. The molecule has 1 aliphatic heterocycles. The largest absolute Gasteiger partial charge is 0.417 e. The van der Waals surface area contributed by atoms with Gasteiger partial charge in [-0.3, -0.25) is 4.79 Å². The maximum absolute atomic E-state index is 13.1. The van der Waals surface area contributed by atoms with Gasteiger partial charge in [-0.1, -0.05) is 11.8 Å². The zero-order valence-corrected chi connectivity index (χ0v) is 15.2. The first kappa shape index (κ1) is 19.6. The molecule has 0 aromatic carbocycles. The molecule has 2 rings (SSSR count). The van der Waals surface area contributed by atoms with Crippen LogP contribution in [0.15, 0.2) is 11.1 Å². The van der Waals surface area contributed by atoms with Crippen molar-refractivity contribution in [1.82, 2.24) is 9.88 Å². The Labute approximate surface area is 149 Å². The van der Waals surface area contributed by atoms with E-state index in [0.717, 1.165) is 37.1 Å². The average Bonchev–Trinajstić information content (AvgIpc) is 2.51. The van der Waals surface area contributed by atoms with Gasteiger partial charge in [-0.15, -0.1) is 0 Å². The van der Waals surface area contributed by atoms with E-state index < -0.39 is 17.3 Å². The van der Waals surface area contributed by atoms with Crippen molar-refractivity contribution in [1.29, 1.82) is 5.26 Å². The Morgan fingerprint density at radius 3 is 2.52 bits per heavy atom. The van der Waals surface area contributed by atoms with Gasteiger partial charge in [-0.25, -0.2) is 4.98 Å². The van der Waals surface area contributed by atoms with Gasteiger partial charge in [0.15, 0.2) is 0 Å². The number of aromatic nitrogens is 1. The molecule has 4 nitrogen and oxygen atoms in total. The number of nitriles is 1. The molecule has 1 amide bonds. The fourth-order valence-electron chi connectivity index (χ4n) is 3.20. The minimum atomic E-state index is -4.63. The quantitative estimate of drug-likeness (QED) is 0.749. The molecule has 0 radical (unpaired) electrons. The number of carbonyl (C=O) groups is 1. The van der Waals surface area contributed by atoms with Crippen molar-refractivity contribution in [3.8, 4) is 6.07 Å². The second kappa shape index (κ2) is 7.65. The van der Waals surface area contributed by atoms with E-state index in [1.54, 1.807) is 11.0 Å². The smallest absolute Gasteiger partial charge is 0.337 e. The van der Waals surface area contributed by atoms with E-state index in [1.165, 1.54) is 6.92 Å². The molecule has 25 heavy (non-hydrogen) atoms. The van der Waals surface area contributed by atoms with Crippen LogP contribution >= 0.6 is 11.8 Å². The van der Waals surface area contributed by atoms with Gasteiger partial charge in [0, 0.05) is 17.8 Å². The molecule has 2 heterocycles. The van der Waals surface area contributed by atoms with Crippen LogP contribution in [0.4, 0.5) is 13.2 Å². The molecule has 0 saturated carbocycles. The average molecular weight is 371 g/mol. The van der Waals surface area contributed by atoms with Crippen LogP contribution in [0.1, 0.15) is 49.9 Å². The van der Waals surface area contributed by atoms with E-state index in [1.807, 2.05) is 13.8 Å². The van der Waals surface area contributed by atoms with Crippen LogP contribution in [0, 0.1) is 18.3 Å². The predicted molar refractivity (Wildman–Crippen MR) is 89.0 cm³/mol. The molecule has 0 unspecified atom stereocenters. The lowest BCUT2D eigenvalue weighted by molar-refractivity contribution is -0.138. The summed E-state index contributed by atoms with van der Waals surface area (Å²) < 4.78 is 39.4. The topological polar surface area (TPSA) is 57.0 Å².